The summed E-state index contributed by atoms with van der Waals surface area (Å²) in [5.41, 5.74) is 2.13. The first kappa shape index (κ1) is 23.5. The van der Waals surface area contributed by atoms with Crippen molar-refractivity contribution in [3.63, 3.8) is 0 Å². The third-order valence-electron chi connectivity index (χ3n) is 5.29. The Balaban J connectivity index is 1.76. The average molecular weight is 469 g/mol. The van der Waals surface area contributed by atoms with Gasteiger partial charge in [0.25, 0.3) is 0 Å². The van der Waals surface area contributed by atoms with Crippen LogP contribution in [0.4, 0.5) is 0 Å². The van der Waals surface area contributed by atoms with Gasteiger partial charge in [0, 0.05) is 36.6 Å². The molecular weight excluding hydrogens is 444 g/mol. The number of hydrogen-bond donors (Lipinski definition) is 0. The molecule has 3 rings (SSSR count). The van der Waals surface area contributed by atoms with Crippen molar-refractivity contribution >= 4 is 33.4 Å². The van der Waals surface area contributed by atoms with Gasteiger partial charge in [0.05, 0.1) is 28.7 Å². The number of esters is 1. The molecule has 2 heterocycles. The van der Waals surface area contributed by atoms with Crippen LogP contribution < -0.4 is 0 Å². The van der Waals surface area contributed by atoms with Crippen LogP contribution in [0.1, 0.15) is 39.0 Å². The number of carbonyl (C=O) groups is 2. The molecule has 0 amide bonds. The molecule has 1 saturated heterocycles. The largest absolute Gasteiger partial charge is 0.454 e. The van der Waals surface area contributed by atoms with Crippen LogP contribution in [0.25, 0.3) is 0 Å². The number of nitrogens with zero attached hydrogens (tertiary/aromatic N) is 2. The van der Waals surface area contributed by atoms with Crippen molar-refractivity contribution in [1.29, 1.82) is 0 Å². The van der Waals surface area contributed by atoms with Crippen LogP contribution in [0, 0.1) is 13.8 Å². The van der Waals surface area contributed by atoms with Gasteiger partial charge in [-0.2, -0.15) is 4.31 Å². The number of sulfonamides is 1. The fourth-order valence-corrected chi connectivity index (χ4v) is 5.24. The van der Waals surface area contributed by atoms with E-state index in [2.05, 4.69) is 0 Å². The lowest BCUT2D eigenvalue weighted by atomic mass is 10.1. The Labute approximate surface area is 186 Å². The number of aryl methyl sites for hydroxylation is 1. The highest BCUT2D eigenvalue weighted by Gasteiger charge is 2.28. The number of Topliss-reactive ketones (excluding diaryl/α,β-unsaturated/α-hetero) is 1. The third kappa shape index (κ3) is 4.85. The summed E-state index contributed by atoms with van der Waals surface area (Å²) >= 11 is 6.11. The summed E-state index contributed by atoms with van der Waals surface area (Å²) in [6, 6.07) is 5.62. The highest BCUT2D eigenvalue weighted by Crippen LogP contribution is 2.24. The van der Waals surface area contributed by atoms with Crippen molar-refractivity contribution in [2.45, 2.75) is 32.2 Å². The first-order valence-electron chi connectivity index (χ1n) is 9.91. The maximum atomic E-state index is 12.8. The second-order valence-corrected chi connectivity index (χ2v) is 9.53. The monoisotopic (exact) mass is 468 g/mol. The van der Waals surface area contributed by atoms with Crippen LogP contribution in [0.15, 0.2) is 29.2 Å². The van der Waals surface area contributed by atoms with Gasteiger partial charge < -0.3 is 14.0 Å². The number of morpholine rings is 1. The second kappa shape index (κ2) is 9.52. The van der Waals surface area contributed by atoms with Gasteiger partial charge in [-0.15, -0.1) is 0 Å². The van der Waals surface area contributed by atoms with Crippen molar-refractivity contribution in [1.82, 2.24) is 8.87 Å². The maximum absolute atomic E-state index is 12.8. The molecular formula is C21H25ClN2O6S. The quantitative estimate of drug-likeness (QED) is 0.458. The van der Waals surface area contributed by atoms with Crippen LogP contribution in [-0.4, -0.2) is 62.0 Å². The molecule has 168 valence electrons. The molecule has 1 aromatic heterocycles. The molecule has 1 aliphatic rings. The minimum absolute atomic E-state index is 0.0440. The molecule has 0 bridgehead atoms. The van der Waals surface area contributed by atoms with Crippen molar-refractivity contribution in [3.05, 3.63) is 51.8 Å². The Morgan fingerprint density at radius 2 is 1.81 bits per heavy atom. The summed E-state index contributed by atoms with van der Waals surface area (Å²) in [4.78, 5) is 25.1. The van der Waals surface area contributed by atoms with E-state index < -0.39 is 22.6 Å². The Morgan fingerprint density at radius 1 is 1.13 bits per heavy atom. The lowest BCUT2D eigenvalue weighted by molar-refractivity contribution is 0.0474. The molecule has 0 saturated carbocycles. The molecule has 0 N–H and O–H groups in total. The van der Waals surface area contributed by atoms with Crippen molar-refractivity contribution in [2.75, 3.05) is 32.9 Å². The molecule has 1 fully saturated rings. The van der Waals surface area contributed by atoms with E-state index in [0.29, 0.717) is 18.8 Å². The number of hydrogen-bond acceptors (Lipinski definition) is 6. The molecule has 10 heteroatoms. The molecule has 31 heavy (non-hydrogen) atoms. The van der Waals surface area contributed by atoms with Gasteiger partial charge in [0.2, 0.25) is 15.8 Å². The fraction of sp³-hybridized carbons (Fsp3) is 0.429. The predicted molar refractivity (Wildman–Crippen MR) is 115 cm³/mol. The number of benzene rings is 1. The first-order chi connectivity index (χ1) is 14.7. The molecule has 1 aromatic carbocycles. The molecule has 0 radical (unpaired) electrons. The molecule has 0 atom stereocenters. The van der Waals surface area contributed by atoms with Gasteiger partial charge in [-0.25, -0.2) is 13.2 Å². The predicted octanol–water partition coefficient (Wildman–Crippen LogP) is 2.84. The van der Waals surface area contributed by atoms with Gasteiger partial charge in [-0.1, -0.05) is 11.6 Å². The summed E-state index contributed by atoms with van der Waals surface area (Å²) in [6.45, 7) is 7.06. The number of ketones is 1. The lowest BCUT2D eigenvalue weighted by Crippen LogP contribution is -2.40. The third-order valence-corrected chi connectivity index (χ3v) is 7.51. The summed E-state index contributed by atoms with van der Waals surface area (Å²) in [7, 11) is -3.80. The molecule has 8 nitrogen and oxygen atoms in total. The highest BCUT2D eigenvalue weighted by atomic mass is 35.5. The maximum Gasteiger partial charge on any atom is 0.340 e. The van der Waals surface area contributed by atoms with E-state index in [-0.39, 0.29) is 34.4 Å². The minimum Gasteiger partial charge on any atom is -0.454 e. The number of rotatable bonds is 7. The van der Waals surface area contributed by atoms with Crippen molar-refractivity contribution < 1.29 is 27.5 Å². The summed E-state index contributed by atoms with van der Waals surface area (Å²) in [5, 5.41) is 0.0440. The Bertz CT molecular complexity index is 1100. The van der Waals surface area contributed by atoms with E-state index in [1.54, 1.807) is 6.07 Å². The number of ether oxygens (including phenoxy) is 2. The van der Waals surface area contributed by atoms with Gasteiger partial charge in [-0.3, -0.25) is 4.79 Å². The van der Waals surface area contributed by atoms with Crippen molar-refractivity contribution in [2.24, 2.45) is 0 Å². The Hall–Kier alpha value is -2.20. The van der Waals surface area contributed by atoms with Crippen LogP contribution in [0.5, 0.6) is 0 Å². The van der Waals surface area contributed by atoms with Gasteiger partial charge in [0.1, 0.15) is 0 Å². The Morgan fingerprint density at radius 3 is 2.42 bits per heavy atom. The van der Waals surface area contributed by atoms with Crippen LogP contribution in [0.2, 0.25) is 5.02 Å². The van der Waals surface area contributed by atoms with Gasteiger partial charge in [0.15, 0.2) is 6.61 Å². The summed E-state index contributed by atoms with van der Waals surface area (Å²) < 4.78 is 39.3. The lowest BCUT2D eigenvalue weighted by Gasteiger charge is -2.26. The number of halogens is 1. The second-order valence-electron chi connectivity index (χ2n) is 7.19. The zero-order valence-corrected chi connectivity index (χ0v) is 19.3. The van der Waals surface area contributed by atoms with Crippen molar-refractivity contribution in [3.8, 4) is 0 Å². The molecule has 1 aliphatic heterocycles. The number of aromatic nitrogens is 1. The van der Waals surface area contributed by atoms with E-state index in [1.165, 1.54) is 22.5 Å². The minimum atomic E-state index is -3.80. The molecule has 0 unspecified atom stereocenters. The smallest absolute Gasteiger partial charge is 0.340 e. The van der Waals surface area contributed by atoms with Gasteiger partial charge >= 0.3 is 5.97 Å². The van der Waals surface area contributed by atoms with E-state index >= 15 is 0 Å². The fourth-order valence-electron chi connectivity index (χ4n) is 3.61. The van der Waals surface area contributed by atoms with Gasteiger partial charge in [-0.05, 0) is 45.0 Å². The van der Waals surface area contributed by atoms with Crippen LogP contribution in [0.3, 0.4) is 0 Å². The highest BCUT2D eigenvalue weighted by molar-refractivity contribution is 7.89. The summed E-state index contributed by atoms with van der Waals surface area (Å²) in [5.74, 6) is -1.20. The van der Waals surface area contributed by atoms with E-state index in [4.69, 9.17) is 21.1 Å². The van der Waals surface area contributed by atoms with Crippen LogP contribution >= 0.6 is 11.6 Å². The topological polar surface area (TPSA) is 94.9 Å². The standard InChI is InChI=1S/C21H25ClN2O6S/c1-4-24-14(2)11-17(15(24)3)20(25)13-30-21(26)18-12-16(5-6-19(18)22)31(27,28)23-7-9-29-10-8-23/h5-6,11-12H,4,7-10,13H2,1-3H3. The zero-order valence-electron chi connectivity index (χ0n) is 17.7. The van der Waals surface area contributed by atoms with E-state index in [1.807, 2.05) is 25.3 Å². The summed E-state index contributed by atoms with van der Waals surface area (Å²) in [6.07, 6.45) is 0. The number of carbonyl (C=O) groups excluding carboxylic acids is 2. The molecule has 0 spiro atoms. The SMILES string of the molecule is CCn1c(C)cc(C(=O)COC(=O)c2cc(S(=O)(=O)N3CCOCC3)ccc2Cl)c1C. The molecule has 2 aromatic rings. The molecule has 0 aliphatic carbocycles. The van der Waals surface area contributed by atoms with E-state index in [9.17, 15) is 18.0 Å². The first-order valence-corrected chi connectivity index (χ1v) is 11.7. The average Bonchev–Trinajstić information content (AvgIpc) is 3.05. The Kier molecular flexibility index (Phi) is 7.20. The zero-order chi connectivity index (χ0) is 22.8. The normalized spacial score (nSPS) is 15.1. The van der Waals surface area contributed by atoms with Crippen LogP contribution in [-0.2, 0) is 26.0 Å². The van der Waals surface area contributed by atoms with E-state index in [0.717, 1.165) is 17.9 Å².